The fraction of sp³-hybridized carbons (Fsp3) is 0.391. The Morgan fingerprint density at radius 3 is 2.48 bits per heavy atom. The molecule has 1 fully saturated rings. The highest BCUT2D eigenvalue weighted by molar-refractivity contribution is 7.92. The molecule has 1 unspecified atom stereocenters. The van der Waals surface area contributed by atoms with Crippen molar-refractivity contribution in [2.45, 2.75) is 57.5 Å². The van der Waals surface area contributed by atoms with Crippen LogP contribution in [0.15, 0.2) is 47.4 Å². The number of benzene rings is 2. The van der Waals surface area contributed by atoms with Crippen molar-refractivity contribution in [3.8, 4) is 0 Å². The zero-order chi connectivity index (χ0) is 22.8. The number of likely N-dealkylation sites (tertiary alicyclic amines) is 1. The second-order valence-electron chi connectivity index (χ2n) is 8.25. The number of amides is 2. The highest BCUT2D eigenvalue weighted by Gasteiger charge is 2.34. The van der Waals surface area contributed by atoms with Gasteiger partial charge in [-0.05, 0) is 82.0 Å². The molecule has 1 atom stereocenters. The highest BCUT2D eigenvalue weighted by Crippen LogP contribution is 2.23. The third-order valence-corrected chi connectivity index (χ3v) is 6.78. The fourth-order valence-electron chi connectivity index (χ4n) is 3.64. The van der Waals surface area contributed by atoms with Crippen molar-refractivity contribution in [3.05, 3.63) is 59.2 Å². The van der Waals surface area contributed by atoms with Crippen LogP contribution in [0.4, 0.5) is 5.69 Å². The molecule has 2 amide bonds. The van der Waals surface area contributed by atoms with E-state index < -0.39 is 16.1 Å². The number of anilines is 1. The van der Waals surface area contributed by atoms with Crippen LogP contribution in [0, 0.1) is 13.8 Å². The number of carbonyl (C=O) groups excluding carboxylic acids is 2. The van der Waals surface area contributed by atoms with Crippen LogP contribution >= 0.6 is 0 Å². The lowest BCUT2D eigenvalue weighted by Gasteiger charge is -2.25. The third-order valence-electron chi connectivity index (χ3n) is 5.40. The molecule has 0 aliphatic carbocycles. The summed E-state index contributed by atoms with van der Waals surface area (Å²) in [7, 11) is -3.79. The minimum absolute atomic E-state index is 0.00630. The van der Waals surface area contributed by atoms with E-state index in [4.69, 9.17) is 0 Å². The van der Waals surface area contributed by atoms with Crippen LogP contribution in [0.25, 0.3) is 0 Å². The topological polar surface area (TPSA) is 95.6 Å². The van der Waals surface area contributed by atoms with E-state index in [1.165, 1.54) is 6.07 Å². The monoisotopic (exact) mass is 443 g/mol. The normalized spacial score (nSPS) is 16.4. The van der Waals surface area contributed by atoms with Crippen LogP contribution in [-0.4, -0.2) is 43.8 Å². The SMILES string of the molecule is Cc1ccc(S(=O)(=O)Nc2cccc(C(=O)N3CCCC3C(=O)NC(C)C)c2)cc1C. The van der Waals surface area contributed by atoms with E-state index in [0.29, 0.717) is 24.2 Å². The Hall–Kier alpha value is -2.87. The number of nitrogens with one attached hydrogen (secondary N) is 2. The molecule has 166 valence electrons. The lowest BCUT2D eigenvalue weighted by atomic mass is 10.1. The number of hydrogen-bond acceptors (Lipinski definition) is 4. The lowest BCUT2D eigenvalue weighted by Crippen LogP contribution is -2.47. The summed E-state index contributed by atoms with van der Waals surface area (Å²) in [6.45, 7) is 8.03. The van der Waals surface area contributed by atoms with E-state index in [1.54, 1.807) is 41.3 Å². The van der Waals surface area contributed by atoms with E-state index in [9.17, 15) is 18.0 Å². The van der Waals surface area contributed by atoms with Crippen LogP contribution in [0.2, 0.25) is 0 Å². The summed E-state index contributed by atoms with van der Waals surface area (Å²) < 4.78 is 28.1. The molecule has 2 aromatic carbocycles. The quantitative estimate of drug-likeness (QED) is 0.716. The Kier molecular flexibility index (Phi) is 6.69. The standard InChI is InChI=1S/C23H29N3O4S/c1-15(2)24-22(27)21-9-6-12-26(21)23(28)18-7-5-8-19(14-18)25-31(29,30)20-11-10-16(3)17(4)13-20/h5,7-8,10-11,13-15,21,25H,6,9,12H2,1-4H3,(H,24,27). The van der Waals surface area contributed by atoms with Crippen LogP contribution < -0.4 is 10.0 Å². The summed E-state index contributed by atoms with van der Waals surface area (Å²) in [6, 6.07) is 10.8. The Bertz CT molecular complexity index is 1100. The molecule has 0 saturated carbocycles. The van der Waals surface area contributed by atoms with Gasteiger partial charge in [0, 0.05) is 23.8 Å². The van der Waals surface area contributed by atoms with Gasteiger partial charge in [-0.15, -0.1) is 0 Å². The van der Waals surface area contributed by atoms with E-state index in [-0.39, 0.29) is 22.8 Å². The molecule has 1 aliphatic heterocycles. The van der Waals surface area contributed by atoms with Crippen molar-refractivity contribution < 1.29 is 18.0 Å². The van der Waals surface area contributed by atoms with Gasteiger partial charge >= 0.3 is 0 Å². The van der Waals surface area contributed by atoms with Crippen LogP contribution in [0.1, 0.15) is 48.2 Å². The van der Waals surface area contributed by atoms with E-state index in [0.717, 1.165) is 17.5 Å². The van der Waals surface area contributed by atoms with Crippen molar-refractivity contribution in [1.82, 2.24) is 10.2 Å². The van der Waals surface area contributed by atoms with Gasteiger partial charge in [-0.1, -0.05) is 12.1 Å². The molecule has 8 heteroatoms. The summed E-state index contributed by atoms with van der Waals surface area (Å²) in [5, 5.41) is 2.87. The summed E-state index contributed by atoms with van der Waals surface area (Å²) >= 11 is 0. The molecule has 0 spiro atoms. The molecule has 1 heterocycles. The van der Waals surface area contributed by atoms with Gasteiger partial charge in [0.2, 0.25) is 5.91 Å². The average Bonchev–Trinajstić information content (AvgIpc) is 3.19. The molecule has 3 rings (SSSR count). The largest absolute Gasteiger partial charge is 0.352 e. The fourth-order valence-corrected chi connectivity index (χ4v) is 4.77. The van der Waals surface area contributed by atoms with Crippen LogP contribution in [-0.2, 0) is 14.8 Å². The van der Waals surface area contributed by atoms with Gasteiger partial charge in [-0.2, -0.15) is 0 Å². The molecule has 31 heavy (non-hydrogen) atoms. The maximum absolute atomic E-state index is 13.1. The molecule has 0 bridgehead atoms. The summed E-state index contributed by atoms with van der Waals surface area (Å²) in [4.78, 5) is 27.3. The number of rotatable bonds is 6. The third kappa shape index (κ3) is 5.25. The van der Waals surface area contributed by atoms with Crippen molar-refractivity contribution in [1.29, 1.82) is 0 Å². The highest BCUT2D eigenvalue weighted by atomic mass is 32.2. The summed E-state index contributed by atoms with van der Waals surface area (Å²) in [5.41, 5.74) is 2.52. The Morgan fingerprint density at radius 1 is 1.06 bits per heavy atom. The van der Waals surface area contributed by atoms with E-state index >= 15 is 0 Å². The van der Waals surface area contributed by atoms with E-state index in [2.05, 4.69) is 10.0 Å². The molecule has 0 aromatic heterocycles. The van der Waals surface area contributed by atoms with Gasteiger partial charge in [0.25, 0.3) is 15.9 Å². The zero-order valence-corrected chi connectivity index (χ0v) is 19.1. The maximum Gasteiger partial charge on any atom is 0.261 e. The Balaban J connectivity index is 1.80. The van der Waals surface area contributed by atoms with Gasteiger partial charge in [-0.3, -0.25) is 14.3 Å². The number of carbonyl (C=O) groups is 2. The van der Waals surface area contributed by atoms with Gasteiger partial charge in [0.15, 0.2) is 0 Å². The molecule has 1 aliphatic rings. The number of aryl methyl sites for hydroxylation is 2. The Morgan fingerprint density at radius 2 is 1.81 bits per heavy atom. The Labute approximate surface area is 183 Å². The minimum atomic E-state index is -3.79. The van der Waals surface area contributed by atoms with Gasteiger partial charge in [0.05, 0.1) is 4.90 Å². The molecular formula is C23H29N3O4S. The van der Waals surface area contributed by atoms with Crippen molar-refractivity contribution in [3.63, 3.8) is 0 Å². The first-order chi connectivity index (χ1) is 14.6. The number of nitrogens with zero attached hydrogens (tertiary/aromatic N) is 1. The van der Waals surface area contributed by atoms with Crippen molar-refractivity contribution in [2.24, 2.45) is 0 Å². The molecule has 2 N–H and O–H groups in total. The van der Waals surface area contributed by atoms with Gasteiger partial charge in [-0.25, -0.2) is 8.42 Å². The maximum atomic E-state index is 13.1. The average molecular weight is 444 g/mol. The smallest absolute Gasteiger partial charge is 0.261 e. The summed E-state index contributed by atoms with van der Waals surface area (Å²) in [5.74, 6) is -0.443. The zero-order valence-electron chi connectivity index (χ0n) is 18.3. The van der Waals surface area contributed by atoms with Gasteiger partial charge in [0.1, 0.15) is 6.04 Å². The second-order valence-corrected chi connectivity index (χ2v) is 9.93. The minimum Gasteiger partial charge on any atom is -0.352 e. The van der Waals surface area contributed by atoms with Crippen LogP contribution in [0.5, 0.6) is 0 Å². The molecule has 0 radical (unpaired) electrons. The first-order valence-corrected chi connectivity index (χ1v) is 11.9. The van der Waals surface area contributed by atoms with Crippen LogP contribution in [0.3, 0.4) is 0 Å². The number of sulfonamides is 1. The van der Waals surface area contributed by atoms with E-state index in [1.807, 2.05) is 27.7 Å². The molecule has 1 saturated heterocycles. The number of hydrogen-bond donors (Lipinski definition) is 2. The first-order valence-electron chi connectivity index (χ1n) is 10.4. The lowest BCUT2D eigenvalue weighted by molar-refractivity contribution is -0.125. The molecular weight excluding hydrogens is 414 g/mol. The van der Waals surface area contributed by atoms with Gasteiger partial charge < -0.3 is 10.2 Å². The van der Waals surface area contributed by atoms with Crippen molar-refractivity contribution >= 4 is 27.5 Å². The van der Waals surface area contributed by atoms with Crippen molar-refractivity contribution in [2.75, 3.05) is 11.3 Å². The summed E-state index contributed by atoms with van der Waals surface area (Å²) in [6.07, 6.45) is 1.37. The predicted octanol–water partition coefficient (Wildman–Crippen LogP) is 3.23. The first kappa shape index (κ1) is 22.8. The molecule has 7 nitrogen and oxygen atoms in total. The second kappa shape index (κ2) is 9.09. The predicted molar refractivity (Wildman–Crippen MR) is 121 cm³/mol. The molecule has 2 aromatic rings.